The molecule has 21 heavy (non-hydrogen) atoms. The van der Waals surface area contributed by atoms with Crippen molar-refractivity contribution >= 4 is 15.9 Å². The summed E-state index contributed by atoms with van der Waals surface area (Å²) in [7, 11) is 1.98. The molecule has 2 aromatic heterocycles. The molecule has 2 heterocycles. The molecule has 0 spiro atoms. The molecule has 0 amide bonds. The first-order valence-corrected chi connectivity index (χ1v) is 8.38. The van der Waals surface area contributed by atoms with E-state index in [1.807, 2.05) is 22.6 Å². The van der Waals surface area contributed by atoms with Crippen molar-refractivity contribution in [3.8, 4) is 0 Å². The fourth-order valence-corrected chi connectivity index (χ4v) is 3.15. The van der Waals surface area contributed by atoms with Gasteiger partial charge in [0.15, 0.2) is 0 Å². The fraction of sp³-hybridized carbons (Fsp3) is 0.600. The molecule has 2 aromatic rings. The van der Waals surface area contributed by atoms with Crippen molar-refractivity contribution in [1.29, 1.82) is 0 Å². The van der Waals surface area contributed by atoms with Gasteiger partial charge in [0.05, 0.1) is 28.1 Å². The van der Waals surface area contributed by atoms with Gasteiger partial charge in [0, 0.05) is 25.4 Å². The first-order valence-electron chi connectivity index (χ1n) is 7.59. The molecule has 0 aromatic carbocycles. The largest absolute Gasteiger partial charge is 0.305 e. The third-order valence-corrected chi connectivity index (χ3v) is 4.20. The van der Waals surface area contributed by atoms with E-state index in [-0.39, 0.29) is 6.04 Å². The molecular formula is C15H24BrN5. The third kappa shape index (κ3) is 3.37. The maximum absolute atomic E-state index is 4.58. The Kier molecular flexibility index (Phi) is 5.58. The number of aryl methyl sites for hydroxylation is 3. The van der Waals surface area contributed by atoms with Gasteiger partial charge in [-0.3, -0.25) is 9.36 Å². The van der Waals surface area contributed by atoms with Crippen LogP contribution < -0.4 is 5.32 Å². The van der Waals surface area contributed by atoms with Gasteiger partial charge in [-0.2, -0.15) is 10.2 Å². The first-order chi connectivity index (χ1) is 10.1. The topological polar surface area (TPSA) is 47.7 Å². The maximum atomic E-state index is 4.58. The van der Waals surface area contributed by atoms with Crippen LogP contribution in [0.5, 0.6) is 0 Å². The average molecular weight is 354 g/mol. The van der Waals surface area contributed by atoms with Gasteiger partial charge in [0.25, 0.3) is 0 Å². The Hall–Kier alpha value is -1.14. The van der Waals surface area contributed by atoms with Crippen molar-refractivity contribution in [2.45, 2.75) is 46.2 Å². The zero-order chi connectivity index (χ0) is 15.4. The van der Waals surface area contributed by atoms with E-state index in [4.69, 9.17) is 0 Å². The Labute approximate surface area is 134 Å². The van der Waals surface area contributed by atoms with Crippen molar-refractivity contribution in [2.24, 2.45) is 7.05 Å². The highest BCUT2D eigenvalue weighted by atomic mass is 79.9. The molecule has 5 nitrogen and oxygen atoms in total. The zero-order valence-corrected chi connectivity index (χ0v) is 14.8. The predicted octanol–water partition coefficient (Wildman–Crippen LogP) is 3.05. The Morgan fingerprint density at radius 1 is 1.33 bits per heavy atom. The van der Waals surface area contributed by atoms with Gasteiger partial charge in [-0.05, 0) is 42.2 Å². The Morgan fingerprint density at radius 2 is 2.10 bits per heavy atom. The van der Waals surface area contributed by atoms with Gasteiger partial charge < -0.3 is 5.32 Å². The first kappa shape index (κ1) is 16.2. The molecule has 0 saturated carbocycles. The summed E-state index contributed by atoms with van der Waals surface area (Å²) in [6.07, 6.45) is 6.02. The van der Waals surface area contributed by atoms with Crippen molar-refractivity contribution < 1.29 is 0 Å². The molecule has 1 N–H and O–H groups in total. The lowest BCUT2D eigenvalue weighted by molar-refractivity contribution is 0.526. The third-order valence-electron chi connectivity index (χ3n) is 3.59. The van der Waals surface area contributed by atoms with E-state index >= 15 is 0 Å². The molecule has 0 bridgehead atoms. The van der Waals surface area contributed by atoms with Gasteiger partial charge in [0.2, 0.25) is 0 Å². The number of aromatic nitrogens is 4. The summed E-state index contributed by atoms with van der Waals surface area (Å²) in [5.41, 5.74) is 3.56. The Balaban J connectivity index is 2.49. The van der Waals surface area contributed by atoms with Crippen LogP contribution in [0, 0.1) is 0 Å². The van der Waals surface area contributed by atoms with Crippen LogP contribution in [-0.2, 0) is 20.0 Å². The highest BCUT2D eigenvalue weighted by molar-refractivity contribution is 9.10. The molecule has 1 unspecified atom stereocenters. The summed E-state index contributed by atoms with van der Waals surface area (Å²) < 4.78 is 4.99. The molecule has 0 saturated heterocycles. The second-order valence-corrected chi connectivity index (χ2v) is 5.99. The smallest absolute Gasteiger partial charge is 0.0793 e. The van der Waals surface area contributed by atoms with Crippen LogP contribution in [0.1, 0.15) is 50.2 Å². The minimum Gasteiger partial charge on any atom is -0.305 e. The lowest BCUT2D eigenvalue weighted by Gasteiger charge is -2.20. The summed E-state index contributed by atoms with van der Waals surface area (Å²) in [6.45, 7) is 8.26. The summed E-state index contributed by atoms with van der Waals surface area (Å²) in [4.78, 5) is 0. The van der Waals surface area contributed by atoms with Crippen molar-refractivity contribution in [3.63, 3.8) is 0 Å². The van der Waals surface area contributed by atoms with Crippen molar-refractivity contribution in [3.05, 3.63) is 33.8 Å². The van der Waals surface area contributed by atoms with E-state index in [9.17, 15) is 0 Å². The molecule has 2 rings (SSSR count). The molecule has 1 atom stereocenters. The van der Waals surface area contributed by atoms with Crippen molar-refractivity contribution in [2.75, 3.05) is 6.54 Å². The number of hydrogen-bond donors (Lipinski definition) is 1. The minimum absolute atomic E-state index is 0.116. The molecule has 116 valence electrons. The highest BCUT2D eigenvalue weighted by Crippen LogP contribution is 2.30. The number of hydrogen-bond acceptors (Lipinski definition) is 3. The maximum Gasteiger partial charge on any atom is 0.0793 e. The molecule has 0 aliphatic carbocycles. The normalized spacial score (nSPS) is 12.8. The SMILES string of the molecule is CCCNC(c1cn(C)nc1CC)c1c(Br)cnn1CC. The van der Waals surface area contributed by atoms with E-state index in [1.165, 1.54) is 11.3 Å². The van der Waals surface area contributed by atoms with Gasteiger partial charge in [0.1, 0.15) is 0 Å². The van der Waals surface area contributed by atoms with E-state index in [1.54, 1.807) is 0 Å². The van der Waals surface area contributed by atoms with Crippen LogP contribution in [0.25, 0.3) is 0 Å². The summed E-state index contributed by atoms with van der Waals surface area (Å²) in [5.74, 6) is 0. The van der Waals surface area contributed by atoms with E-state index in [0.717, 1.165) is 36.1 Å². The van der Waals surface area contributed by atoms with E-state index in [2.05, 4.69) is 58.4 Å². The molecule has 0 aliphatic rings. The molecule has 0 aliphatic heterocycles. The predicted molar refractivity (Wildman–Crippen MR) is 88.3 cm³/mol. The quantitative estimate of drug-likeness (QED) is 0.831. The van der Waals surface area contributed by atoms with Crippen LogP contribution >= 0.6 is 15.9 Å². The van der Waals surface area contributed by atoms with Crippen molar-refractivity contribution in [1.82, 2.24) is 24.9 Å². The van der Waals surface area contributed by atoms with Crippen LogP contribution in [0.15, 0.2) is 16.9 Å². The number of nitrogens with zero attached hydrogens (tertiary/aromatic N) is 4. The lowest BCUT2D eigenvalue weighted by atomic mass is 10.0. The average Bonchev–Trinajstić information content (AvgIpc) is 3.03. The lowest BCUT2D eigenvalue weighted by Crippen LogP contribution is -2.26. The number of rotatable bonds is 7. The summed E-state index contributed by atoms with van der Waals surface area (Å²) in [6, 6.07) is 0.116. The minimum atomic E-state index is 0.116. The molecule has 0 fully saturated rings. The molecular weight excluding hydrogens is 330 g/mol. The monoisotopic (exact) mass is 353 g/mol. The van der Waals surface area contributed by atoms with Gasteiger partial charge in [-0.15, -0.1) is 0 Å². The van der Waals surface area contributed by atoms with Gasteiger partial charge in [-0.1, -0.05) is 13.8 Å². The summed E-state index contributed by atoms with van der Waals surface area (Å²) >= 11 is 3.65. The number of halogens is 1. The fourth-order valence-electron chi connectivity index (χ4n) is 2.62. The number of nitrogens with one attached hydrogen (secondary N) is 1. The Bertz CT molecular complexity index is 587. The van der Waals surface area contributed by atoms with Crippen LogP contribution in [0.3, 0.4) is 0 Å². The van der Waals surface area contributed by atoms with Crippen LogP contribution in [0.4, 0.5) is 0 Å². The zero-order valence-electron chi connectivity index (χ0n) is 13.2. The highest BCUT2D eigenvalue weighted by Gasteiger charge is 2.24. The van der Waals surface area contributed by atoms with E-state index in [0.29, 0.717) is 0 Å². The van der Waals surface area contributed by atoms with Crippen LogP contribution in [0.2, 0.25) is 0 Å². The Morgan fingerprint density at radius 3 is 2.71 bits per heavy atom. The van der Waals surface area contributed by atoms with E-state index < -0.39 is 0 Å². The standard InChI is InChI=1S/C15H24BrN5/c1-5-8-17-14(11-10-20(4)19-13(11)6-2)15-12(16)9-18-21(15)7-3/h9-10,14,17H,5-8H2,1-4H3. The van der Waals surface area contributed by atoms with Crippen LogP contribution in [-0.4, -0.2) is 26.1 Å². The van der Waals surface area contributed by atoms with Gasteiger partial charge in [-0.25, -0.2) is 0 Å². The molecule has 0 radical (unpaired) electrons. The second-order valence-electron chi connectivity index (χ2n) is 5.14. The summed E-state index contributed by atoms with van der Waals surface area (Å²) in [5, 5.41) is 12.7. The molecule has 6 heteroatoms. The van der Waals surface area contributed by atoms with Gasteiger partial charge >= 0.3 is 0 Å². The second kappa shape index (κ2) is 7.22.